The molecular weight excluding hydrogens is 230 g/mol. The van der Waals surface area contributed by atoms with Crippen LogP contribution in [-0.2, 0) is 9.59 Å². The van der Waals surface area contributed by atoms with Crippen molar-refractivity contribution in [1.29, 1.82) is 0 Å². The molecule has 2 aliphatic rings. The lowest BCUT2D eigenvalue weighted by atomic mass is 9.83. The molecule has 0 aromatic carbocycles. The Hall–Kier alpha value is -1.10. The summed E-state index contributed by atoms with van der Waals surface area (Å²) in [6.45, 7) is 2.56. The highest BCUT2D eigenvalue weighted by Gasteiger charge is 2.43. The minimum absolute atomic E-state index is 0.0412. The summed E-state index contributed by atoms with van der Waals surface area (Å²) in [6, 6.07) is 0.0327. The molecule has 5 heteroatoms. The highest BCUT2D eigenvalue weighted by Crippen LogP contribution is 2.37. The number of hydrogen-bond donors (Lipinski definition) is 2. The SMILES string of the molecule is CN1CC(NC(=O)C2(C)CCCC2N)CCC1=O. The van der Waals surface area contributed by atoms with Crippen LogP contribution in [0.5, 0.6) is 0 Å². The molecule has 102 valence electrons. The predicted molar refractivity (Wildman–Crippen MR) is 68.7 cm³/mol. The standard InChI is InChI=1S/C13H23N3O2/c1-13(7-3-4-10(13)14)12(18)15-9-5-6-11(17)16(2)8-9/h9-10H,3-8,14H2,1-2H3,(H,15,18). The van der Waals surface area contributed by atoms with E-state index in [1.807, 2.05) is 6.92 Å². The fourth-order valence-electron chi connectivity index (χ4n) is 2.96. The third kappa shape index (κ3) is 2.36. The van der Waals surface area contributed by atoms with Gasteiger partial charge >= 0.3 is 0 Å². The Labute approximate surface area is 108 Å². The first-order valence-electron chi connectivity index (χ1n) is 6.74. The second kappa shape index (κ2) is 4.88. The summed E-state index contributed by atoms with van der Waals surface area (Å²) in [6.07, 6.45) is 4.06. The maximum Gasteiger partial charge on any atom is 0.227 e. The lowest BCUT2D eigenvalue weighted by molar-refractivity contribution is -0.136. The minimum Gasteiger partial charge on any atom is -0.351 e. The summed E-state index contributed by atoms with van der Waals surface area (Å²) < 4.78 is 0. The Morgan fingerprint density at radius 2 is 2.22 bits per heavy atom. The molecule has 1 aliphatic heterocycles. The van der Waals surface area contributed by atoms with Gasteiger partial charge in [-0.05, 0) is 26.2 Å². The number of carbonyl (C=O) groups is 2. The third-order valence-corrected chi connectivity index (χ3v) is 4.51. The number of likely N-dealkylation sites (tertiary alicyclic amines) is 1. The van der Waals surface area contributed by atoms with E-state index in [1.54, 1.807) is 11.9 Å². The van der Waals surface area contributed by atoms with Gasteiger partial charge in [0.25, 0.3) is 0 Å². The highest BCUT2D eigenvalue weighted by molar-refractivity contribution is 5.84. The van der Waals surface area contributed by atoms with E-state index in [1.165, 1.54) is 0 Å². The van der Waals surface area contributed by atoms with E-state index < -0.39 is 5.41 Å². The van der Waals surface area contributed by atoms with E-state index in [4.69, 9.17) is 5.73 Å². The molecular formula is C13H23N3O2. The molecule has 2 fully saturated rings. The quantitative estimate of drug-likeness (QED) is 0.740. The lowest BCUT2D eigenvalue weighted by Crippen LogP contribution is -2.54. The van der Waals surface area contributed by atoms with Gasteiger partial charge in [0.2, 0.25) is 11.8 Å². The second-order valence-electron chi connectivity index (χ2n) is 5.90. The van der Waals surface area contributed by atoms with Crippen LogP contribution in [0.4, 0.5) is 0 Å². The molecule has 1 heterocycles. The predicted octanol–water partition coefficient (Wildman–Crippen LogP) is 0.241. The first kappa shape index (κ1) is 13.3. The molecule has 3 atom stereocenters. The molecule has 2 rings (SSSR count). The topological polar surface area (TPSA) is 75.4 Å². The Kier molecular flexibility index (Phi) is 3.61. The summed E-state index contributed by atoms with van der Waals surface area (Å²) in [5.74, 6) is 0.213. The van der Waals surface area contributed by atoms with Crippen LogP contribution in [0, 0.1) is 5.41 Å². The van der Waals surface area contributed by atoms with Gasteiger partial charge in [-0.25, -0.2) is 0 Å². The van der Waals surface area contributed by atoms with Crippen molar-refractivity contribution < 1.29 is 9.59 Å². The normalized spacial score (nSPS) is 36.8. The minimum atomic E-state index is -0.431. The van der Waals surface area contributed by atoms with Crippen molar-refractivity contribution in [3.05, 3.63) is 0 Å². The van der Waals surface area contributed by atoms with Crippen molar-refractivity contribution in [2.75, 3.05) is 13.6 Å². The van der Waals surface area contributed by atoms with Crippen molar-refractivity contribution in [3.63, 3.8) is 0 Å². The Bertz CT molecular complexity index is 358. The summed E-state index contributed by atoms with van der Waals surface area (Å²) in [4.78, 5) is 25.4. The molecule has 0 bridgehead atoms. The van der Waals surface area contributed by atoms with E-state index >= 15 is 0 Å². The first-order valence-corrected chi connectivity index (χ1v) is 6.74. The Balaban J connectivity index is 1.93. The smallest absolute Gasteiger partial charge is 0.227 e. The number of carbonyl (C=O) groups excluding carboxylic acids is 2. The van der Waals surface area contributed by atoms with Crippen molar-refractivity contribution in [3.8, 4) is 0 Å². The van der Waals surface area contributed by atoms with Gasteiger partial charge in [0, 0.05) is 32.1 Å². The van der Waals surface area contributed by atoms with Gasteiger partial charge in [0.1, 0.15) is 0 Å². The average molecular weight is 253 g/mol. The molecule has 0 spiro atoms. The molecule has 1 saturated carbocycles. The molecule has 5 nitrogen and oxygen atoms in total. The van der Waals surface area contributed by atoms with Crippen LogP contribution < -0.4 is 11.1 Å². The number of nitrogens with zero attached hydrogens (tertiary/aromatic N) is 1. The van der Waals surface area contributed by atoms with Gasteiger partial charge in [-0.3, -0.25) is 9.59 Å². The van der Waals surface area contributed by atoms with Crippen molar-refractivity contribution in [2.45, 2.75) is 51.1 Å². The van der Waals surface area contributed by atoms with Crippen molar-refractivity contribution in [2.24, 2.45) is 11.1 Å². The molecule has 1 aliphatic carbocycles. The number of hydrogen-bond acceptors (Lipinski definition) is 3. The number of likely N-dealkylation sites (N-methyl/N-ethyl adjacent to an activating group) is 1. The Morgan fingerprint density at radius 3 is 2.78 bits per heavy atom. The van der Waals surface area contributed by atoms with Crippen LogP contribution in [0.25, 0.3) is 0 Å². The molecule has 0 radical (unpaired) electrons. The van der Waals surface area contributed by atoms with Crippen LogP contribution in [-0.4, -0.2) is 42.4 Å². The number of amides is 2. The largest absolute Gasteiger partial charge is 0.351 e. The number of nitrogens with two attached hydrogens (primary N) is 1. The van der Waals surface area contributed by atoms with Crippen molar-refractivity contribution in [1.82, 2.24) is 10.2 Å². The molecule has 3 unspecified atom stereocenters. The van der Waals surface area contributed by atoms with Crippen LogP contribution in [0.2, 0.25) is 0 Å². The van der Waals surface area contributed by atoms with Crippen LogP contribution in [0.15, 0.2) is 0 Å². The molecule has 2 amide bonds. The maximum atomic E-state index is 12.3. The van der Waals surface area contributed by atoms with E-state index in [9.17, 15) is 9.59 Å². The van der Waals surface area contributed by atoms with Gasteiger partial charge in [-0.15, -0.1) is 0 Å². The average Bonchev–Trinajstić information content (AvgIpc) is 2.66. The molecule has 18 heavy (non-hydrogen) atoms. The summed E-state index contributed by atoms with van der Waals surface area (Å²) in [5, 5.41) is 3.07. The van der Waals surface area contributed by atoms with E-state index in [0.29, 0.717) is 13.0 Å². The number of piperidine rings is 1. The van der Waals surface area contributed by atoms with Gasteiger partial charge in [0.15, 0.2) is 0 Å². The zero-order valence-corrected chi connectivity index (χ0v) is 11.2. The molecule has 3 N–H and O–H groups in total. The third-order valence-electron chi connectivity index (χ3n) is 4.51. The fraction of sp³-hybridized carbons (Fsp3) is 0.846. The monoisotopic (exact) mass is 253 g/mol. The first-order chi connectivity index (χ1) is 8.43. The van der Waals surface area contributed by atoms with Crippen LogP contribution in [0.3, 0.4) is 0 Å². The highest BCUT2D eigenvalue weighted by atomic mass is 16.2. The second-order valence-corrected chi connectivity index (χ2v) is 5.90. The maximum absolute atomic E-state index is 12.3. The van der Waals surface area contributed by atoms with E-state index in [-0.39, 0.29) is 23.9 Å². The summed E-state index contributed by atoms with van der Waals surface area (Å²) in [5.41, 5.74) is 5.61. The number of nitrogens with one attached hydrogen (secondary N) is 1. The fourth-order valence-corrected chi connectivity index (χ4v) is 2.96. The molecule has 0 aromatic rings. The van der Waals surface area contributed by atoms with Crippen LogP contribution in [0.1, 0.15) is 39.0 Å². The van der Waals surface area contributed by atoms with Gasteiger partial charge in [-0.1, -0.05) is 6.42 Å². The summed E-state index contributed by atoms with van der Waals surface area (Å²) in [7, 11) is 1.78. The van der Waals surface area contributed by atoms with Gasteiger partial charge in [-0.2, -0.15) is 0 Å². The van der Waals surface area contributed by atoms with Crippen LogP contribution >= 0.6 is 0 Å². The van der Waals surface area contributed by atoms with E-state index in [2.05, 4.69) is 5.32 Å². The lowest BCUT2D eigenvalue weighted by Gasteiger charge is -2.34. The van der Waals surface area contributed by atoms with Crippen molar-refractivity contribution >= 4 is 11.8 Å². The number of rotatable bonds is 2. The zero-order chi connectivity index (χ0) is 13.3. The van der Waals surface area contributed by atoms with E-state index in [0.717, 1.165) is 25.7 Å². The molecule has 0 aromatic heterocycles. The van der Waals surface area contributed by atoms with Gasteiger partial charge in [0.05, 0.1) is 5.41 Å². The summed E-state index contributed by atoms with van der Waals surface area (Å²) >= 11 is 0. The Morgan fingerprint density at radius 1 is 1.50 bits per heavy atom. The molecule has 1 saturated heterocycles. The van der Waals surface area contributed by atoms with Gasteiger partial charge < -0.3 is 16.0 Å². The zero-order valence-electron chi connectivity index (χ0n) is 11.2.